The van der Waals surface area contributed by atoms with E-state index in [1.165, 1.54) is 0 Å². The Balaban J connectivity index is 0.00000144. The Hall–Kier alpha value is -1.75. The largest absolute Gasteiger partial charge is 0.478 e. The molecule has 0 saturated carbocycles. The van der Waals surface area contributed by atoms with Crippen molar-refractivity contribution >= 4 is 30.0 Å². The van der Waals surface area contributed by atoms with Gasteiger partial charge in [-0.15, -0.1) is 12.4 Å². The minimum atomic E-state index is -0.917. The number of halogens is 1. The lowest BCUT2D eigenvalue weighted by Crippen LogP contribution is -2.23. The van der Waals surface area contributed by atoms with Crippen molar-refractivity contribution in [2.75, 3.05) is 13.1 Å². The molecule has 6 heteroatoms. The number of guanidine groups is 1. The van der Waals surface area contributed by atoms with Gasteiger partial charge in [0.25, 0.3) is 0 Å². The van der Waals surface area contributed by atoms with Crippen molar-refractivity contribution < 1.29 is 9.90 Å². The Kier molecular flexibility index (Phi) is 4.34. The van der Waals surface area contributed by atoms with E-state index in [2.05, 4.69) is 15.6 Å². The fraction of sp³-hybridized carbons (Fsp3) is 0.273. The van der Waals surface area contributed by atoms with Crippen LogP contribution in [0.1, 0.15) is 15.9 Å². The number of aryl methyl sites for hydroxylation is 1. The fourth-order valence-corrected chi connectivity index (χ4v) is 1.54. The number of nitrogens with one attached hydrogen (secondary N) is 2. The summed E-state index contributed by atoms with van der Waals surface area (Å²) in [5.74, 6) is -0.175. The highest BCUT2D eigenvalue weighted by molar-refractivity contribution is 5.89. The van der Waals surface area contributed by atoms with Crippen LogP contribution in [-0.2, 0) is 0 Å². The number of aliphatic imine (C=N–C) groups is 1. The summed E-state index contributed by atoms with van der Waals surface area (Å²) in [6.07, 6.45) is 0. The molecule has 5 nitrogen and oxygen atoms in total. The first-order chi connectivity index (χ1) is 7.66. The smallest absolute Gasteiger partial charge is 0.335 e. The van der Waals surface area contributed by atoms with E-state index in [1.807, 2.05) is 6.92 Å². The second kappa shape index (κ2) is 5.54. The molecule has 1 fully saturated rings. The number of nitrogens with zero attached hydrogens (tertiary/aromatic N) is 1. The molecule has 0 aliphatic carbocycles. The second-order valence-corrected chi connectivity index (χ2v) is 3.62. The van der Waals surface area contributed by atoms with E-state index in [4.69, 9.17) is 5.11 Å². The number of carbonyl (C=O) groups is 1. The van der Waals surface area contributed by atoms with Crippen LogP contribution in [-0.4, -0.2) is 30.1 Å². The Morgan fingerprint density at radius 1 is 1.35 bits per heavy atom. The topological polar surface area (TPSA) is 73.7 Å². The molecule has 0 radical (unpaired) electrons. The lowest BCUT2D eigenvalue weighted by atomic mass is 10.1. The highest BCUT2D eigenvalue weighted by Gasteiger charge is 2.08. The highest BCUT2D eigenvalue weighted by Crippen LogP contribution is 2.19. The van der Waals surface area contributed by atoms with Gasteiger partial charge in [0.05, 0.1) is 11.3 Å². The van der Waals surface area contributed by atoms with Gasteiger partial charge in [0.2, 0.25) is 0 Å². The first-order valence-corrected chi connectivity index (χ1v) is 5.07. The predicted octanol–water partition coefficient (Wildman–Crippen LogP) is 1.30. The average Bonchev–Trinajstić information content (AvgIpc) is 2.73. The predicted molar refractivity (Wildman–Crippen MR) is 68.5 cm³/mol. The molecule has 0 atom stereocenters. The van der Waals surface area contributed by atoms with Crippen LogP contribution in [0.4, 0.5) is 5.69 Å². The molecule has 0 unspecified atom stereocenters. The summed E-state index contributed by atoms with van der Waals surface area (Å²) in [5, 5.41) is 15.0. The van der Waals surface area contributed by atoms with Crippen LogP contribution in [0.2, 0.25) is 0 Å². The van der Waals surface area contributed by atoms with Crippen LogP contribution in [0.15, 0.2) is 23.2 Å². The lowest BCUT2D eigenvalue weighted by Gasteiger charge is -2.03. The number of rotatable bonds is 2. The summed E-state index contributed by atoms with van der Waals surface area (Å²) in [6, 6.07) is 4.90. The summed E-state index contributed by atoms with van der Waals surface area (Å²) >= 11 is 0. The van der Waals surface area contributed by atoms with Gasteiger partial charge >= 0.3 is 5.97 Å². The maximum atomic E-state index is 10.7. The summed E-state index contributed by atoms with van der Waals surface area (Å²) in [4.78, 5) is 15.1. The summed E-state index contributed by atoms with van der Waals surface area (Å²) in [6.45, 7) is 3.58. The van der Waals surface area contributed by atoms with Gasteiger partial charge in [-0.1, -0.05) is 0 Å². The molecule has 0 bridgehead atoms. The SMILES string of the molecule is Cc1cc(C(=O)O)ccc1N=C1NCCN1.Cl. The Morgan fingerprint density at radius 2 is 2.00 bits per heavy atom. The van der Waals surface area contributed by atoms with E-state index in [-0.39, 0.29) is 18.0 Å². The summed E-state index contributed by atoms with van der Waals surface area (Å²) in [5.41, 5.74) is 1.92. The fourth-order valence-electron chi connectivity index (χ4n) is 1.54. The van der Waals surface area contributed by atoms with Crippen molar-refractivity contribution in [3.05, 3.63) is 29.3 Å². The van der Waals surface area contributed by atoms with Crippen molar-refractivity contribution in [3.8, 4) is 0 Å². The van der Waals surface area contributed by atoms with E-state index in [0.717, 1.165) is 30.3 Å². The van der Waals surface area contributed by atoms with E-state index < -0.39 is 5.97 Å². The molecular weight excluding hydrogens is 242 g/mol. The molecule has 0 amide bonds. The van der Waals surface area contributed by atoms with Gasteiger partial charge in [-0.2, -0.15) is 0 Å². The normalized spacial score (nSPS) is 13.4. The monoisotopic (exact) mass is 255 g/mol. The zero-order valence-electron chi connectivity index (χ0n) is 9.36. The van der Waals surface area contributed by atoms with Gasteiger partial charge in [0, 0.05) is 13.1 Å². The van der Waals surface area contributed by atoms with Crippen LogP contribution in [0.5, 0.6) is 0 Å². The molecule has 1 saturated heterocycles. The third kappa shape index (κ3) is 3.10. The number of aromatic carboxylic acids is 1. The lowest BCUT2D eigenvalue weighted by molar-refractivity contribution is 0.0697. The number of benzene rings is 1. The molecule has 1 aliphatic rings. The molecule has 1 heterocycles. The van der Waals surface area contributed by atoms with Crippen molar-refractivity contribution in [2.24, 2.45) is 4.99 Å². The van der Waals surface area contributed by atoms with E-state index in [1.54, 1.807) is 18.2 Å². The standard InChI is InChI=1S/C11H13N3O2.ClH/c1-7-6-8(10(15)16)2-3-9(7)14-11-12-4-5-13-11;/h2-3,6H,4-5H2,1H3,(H,15,16)(H2,12,13,14);1H. The molecule has 2 rings (SSSR count). The van der Waals surface area contributed by atoms with Crippen molar-refractivity contribution in [1.29, 1.82) is 0 Å². The second-order valence-electron chi connectivity index (χ2n) is 3.62. The average molecular weight is 256 g/mol. The minimum Gasteiger partial charge on any atom is -0.478 e. The van der Waals surface area contributed by atoms with E-state index in [0.29, 0.717) is 0 Å². The molecule has 17 heavy (non-hydrogen) atoms. The highest BCUT2D eigenvalue weighted by atomic mass is 35.5. The third-order valence-electron chi connectivity index (χ3n) is 2.39. The van der Waals surface area contributed by atoms with Gasteiger partial charge in [-0.3, -0.25) is 0 Å². The van der Waals surface area contributed by atoms with Crippen molar-refractivity contribution in [1.82, 2.24) is 10.6 Å². The number of hydrogen-bond donors (Lipinski definition) is 3. The molecule has 0 spiro atoms. The minimum absolute atomic E-state index is 0. The van der Waals surface area contributed by atoms with Crippen LogP contribution in [0.3, 0.4) is 0 Å². The van der Waals surface area contributed by atoms with Crippen LogP contribution >= 0.6 is 12.4 Å². The molecule has 0 aromatic heterocycles. The number of hydrogen-bond acceptors (Lipinski definition) is 2. The van der Waals surface area contributed by atoms with Crippen molar-refractivity contribution in [2.45, 2.75) is 6.92 Å². The van der Waals surface area contributed by atoms with Crippen LogP contribution < -0.4 is 10.6 Å². The Bertz CT molecular complexity index is 452. The maximum absolute atomic E-state index is 10.7. The zero-order valence-corrected chi connectivity index (χ0v) is 10.2. The summed E-state index contributed by atoms with van der Waals surface area (Å²) in [7, 11) is 0. The molecule has 1 aliphatic heterocycles. The van der Waals surface area contributed by atoms with Gasteiger partial charge in [0.1, 0.15) is 0 Å². The Labute approximate surface area is 105 Å². The van der Waals surface area contributed by atoms with Gasteiger partial charge in [0.15, 0.2) is 5.96 Å². The van der Waals surface area contributed by atoms with Gasteiger partial charge in [-0.25, -0.2) is 9.79 Å². The van der Waals surface area contributed by atoms with Crippen LogP contribution in [0, 0.1) is 6.92 Å². The first-order valence-electron chi connectivity index (χ1n) is 5.07. The first kappa shape index (κ1) is 13.3. The third-order valence-corrected chi connectivity index (χ3v) is 2.39. The molecular formula is C11H14ClN3O2. The molecule has 1 aromatic carbocycles. The quantitative estimate of drug-likeness (QED) is 0.745. The van der Waals surface area contributed by atoms with Gasteiger partial charge in [-0.05, 0) is 30.7 Å². The summed E-state index contributed by atoms with van der Waals surface area (Å²) < 4.78 is 0. The Morgan fingerprint density at radius 3 is 2.53 bits per heavy atom. The van der Waals surface area contributed by atoms with Gasteiger partial charge < -0.3 is 15.7 Å². The molecule has 1 aromatic rings. The van der Waals surface area contributed by atoms with Crippen LogP contribution in [0.25, 0.3) is 0 Å². The van der Waals surface area contributed by atoms with Crippen molar-refractivity contribution in [3.63, 3.8) is 0 Å². The molecule has 3 N–H and O–H groups in total. The van der Waals surface area contributed by atoms with E-state index >= 15 is 0 Å². The zero-order chi connectivity index (χ0) is 11.5. The molecule has 92 valence electrons. The number of carboxylic acid groups (broad SMARTS) is 1. The maximum Gasteiger partial charge on any atom is 0.335 e. The number of carboxylic acids is 1. The van der Waals surface area contributed by atoms with E-state index in [9.17, 15) is 4.79 Å².